The van der Waals surface area contributed by atoms with Gasteiger partial charge in [0.15, 0.2) is 0 Å². The summed E-state index contributed by atoms with van der Waals surface area (Å²) in [5.41, 5.74) is 2.10. The predicted molar refractivity (Wildman–Crippen MR) is 143 cm³/mol. The fourth-order valence-corrected chi connectivity index (χ4v) is 5.08. The smallest absolute Gasteiger partial charge is 0.241 e. The Labute approximate surface area is 218 Å². The molecule has 2 aromatic carbocycles. The summed E-state index contributed by atoms with van der Waals surface area (Å²) in [5, 5.41) is 4.14. The van der Waals surface area contributed by atoms with Gasteiger partial charge in [0.2, 0.25) is 17.6 Å². The Hall–Kier alpha value is -3.49. The first kappa shape index (κ1) is 25.2. The third-order valence-corrected chi connectivity index (χ3v) is 7.19. The van der Waals surface area contributed by atoms with E-state index in [-0.39, 0.29) is 11.8 Å². The molecule has 194 valence electrons. The van der Waals surface area contributed by atoms with Crippen molar-refractivity contribution in [2.45, 2.75) is 19.4 Å². The number of hydrogen-bond donors (Lipinski definition) is 0. The van der Waals surface area contributed by atoms with Gasteiger partial charge < -0.3 is 14.2 Å². The molecule has 0 saturated carbocycles. The second kappa shape index (κ2) is 12.2. The zero-order chi connectivity index (χ0) is 25.5. The molecule has 0 spiro atoms. The average molecular weight is 502 g/mol. The minimum atomic E-state index is 0.0299. The summed E-state index contributed by atoms with van der Waals surface area (Å²) in [7, 11) is 1.64. The monoisotopic (exact) mass is 501 g/mol. The maximum absolute atomic E-state index is 13.3. The normalized spacial score (nSPS) is 19.4. The van der Waals surface area contributed by atoms with Crippen LogP contribution in [-0.4, -0.2) is 83.7 Å². The van der Waals surface area contributed by atoms with E-state index < -0.39 is 0 Å². The number of carbonyl (C=O) groups excluding carboxylic acids is 1. The number of likely N-dealkylation sites (tertiary alicyclic amines) is 1. The molecule has 0 aliphatic carbocycles. The average Bonchev–Trinajstić information content (AvgIpc) is 3.42. The number of rotatable bonds is 8. The molecule has 8 nitrogen and oxygen atoms in total. The van der Waals surface area contributed by atoms with Gasteiger partial charge in [-0.1, -0.05) is 47.6 Å². The van der Waals surface area contributed by atoms with Gasteiger partial charge in [-0.25, -0.2) is 0 Å². The van der Waals surface area contributed by atoms with Crippen molar-refractivity contribution >= 4 is 12.0 Å². The molecule has 2 aliphatic heterocycles. The Kier molecular flexibility index (Phi) is 8.28. The van der Waals surface area contributed by atoms with Crippen LogP contribution in [0.5, 0.6) is 5.75 Å². The van der Waals surface area contributed by atoms with Crippen molar-refractivity contribution in [2.24, 2.45) is 5.92 Å². The zero-order valence-electron chi connectivity index (χ0n) is 21.5. The number of methoxy groups -OCH3 is 1. The largest absolute Gasteiger partial charge is 0.497 e. The van der Waals surface area contributed by atoms with Gasteiger partial charge in [-0.2, -0.15) is 4.98 Å². The SMILES string of the molecule is COc1ccc(-c2noc(CN3CCCC(C(=O)N4CCN(C/C=C/c5ccccc5)CC4)C3)n2)cc1. The Balaban J connectivity index is 1.09. The number of hydrogen-bond acceptors (Lipinski definition) is 7. The van der Waals surface area contributed by atoms with E-state index in [2.05, 4.69) is 61.3 Å². The molecule has 37 heavy (non-hydrogen) atoms. The summed E-state index contributed by atoms with van der Waals surface area (Å²) in [6.07, 6.45) is 6.32. The van der Waals surface area contributed by atoms with Crippen LogP contribution < -0.4 is 4.74 Å². The number of piperazine rings is 1. The molecule has 1 aromatic heterocycles. The van der Waals surface area contributed by atoms with Crippen LogP contribution in [-0.2, 0) is 11.3 Å². The molecule has 8 heteroatoms. The highest BCUT2D eigenvalue weighted by molar-refractivity contribution is 5.79. The van der Waals surface area contributed by atoms with Crippen molar-refractivity contribution in [1.82, 2.24) is 24.8 Å². The van der Waals surface area contributed by atoms with Gasteiger partial charge in [-0.15, -0.1) is 0 Å². The number of carbonyl (C=O) groups is 1. The lowest BCUT2D eigenvalue weighted by molar-refractivity contribution is -0.139. The maximum Gasteiger partial charge on any atom is 0.241 e. The summed E-state index contributed by atoms with van der Waals surface area (Å²) in [6.45, 7) is 6.57. The molecular formula is C29H35N5O3. The van der Waals surface area contributed by atoms with Gasteiger partial charge in [0.25, 0.3) is 0 Å². The van der Waals surface area contributed by atoms with Gasteiger partial charge in [-0.05, 0) is 49.2 Å². The van der Waals surface area contributed by atoms with Crippen LogP contribution in [0.2, 0.25) is 0 Å². The summed E-state index contributed by atoms with van der Waals surface area (Å²) in [4.78, 5) is 24.6. The maximum atomic E-state index is 13.3. The minimum Gasteiger partial charge on any atom is -0.497 e. The van der Waals surface area contributed by atoms with Crippen LogP contribution >= 0.6 is 0 Å². The van der Waals surface area contributed by atoms with E-state index in [1.165, 1.54) is 5.56 Å². The second-order valence-electron chi connectivity index (χ2n) is 9.75. The summed E-state index contributed by atoms with van der Waals surface area (Å²) < 4.78 is 10.7. The second-order valence-corrected chi connectivity index (χ2v) is 9.75. The molecule has 1 atom stereocenters. The van der Waals surface area contributed by atoms with Crippen LogP contribution in [0.4, 0.5) is 0 Å². The fourth-order valence-electron chi connectivity index (χ4n) is 5.08. The van der Waals surface area contributed by atoms with Gasteiger partial charge in [0, 0.05) is 44.8 Å². The van der Waals surface area contributed by atoms with Crippen molar-refractivity contribution < 1.29 is 14.1 Å². The van der Waals surface area contributed by atoms with Crippen molar-refractivity contribution in [3.05, 3.63) is 72.1 Å². The molecule has 2 fully saturated rings. The highest BCUT2D eigenvalue weighted by Gasteiger charge is 2.31. The van der Waals surface area contributed by atoms with Crippen LogP contribution in [0.3, 0.4) is 0 Å². The fraction of sp³-hybridized carbons (Fsp3) is 0.414. The van der Waals surface area contributed by atoms with Gasteiger partial charge in [-0.3, -0.25) is 14.6 Å². The molecule has 2 saturated heterocycles. The molecular weight excluding hydrogens is 466 g/mol. The summed E-state index contributed by atoms with van der Waals surface area (Å²) >= 11 is 0. The van der Waals surface area contributed by atoms with E-state index in [1.54, 1.807) is 7.11 Å². The molecule has 3 heterocycles. The Morgan fingerprint density at radius 1 is 1.03 bits per heavy atom. The number of aromatic nitrogens is 2. The summed E-state index contributed by atoms with van der Waals surface area (Å²) in [6, 6.07) is 18.0. The molecule has 3 aromatic rings. The quantitative estimate of drug-likeness (QED) is 0.465. The van der Waals surface area contributed by atoms with Gasteiger partial charge in [0.1, 0.15) is 5.75 Å². The van der Waals surface area contributed by atoms with E-state index in [0.717, 1.165) is 70.0 Å². The zero-order valence-corrected chi connectivity index (χ0v) is 21.5. The van der Waals surface area contributed by atoms with E-state index in [1.807, 2.05) is 30.3 Å². The standard InChI is InChI=1S/C29H35N5O3/c1-36-26-13-11-24(12-14-26)28-30-27(37-31-28)22-33-16-6-10-25(21-33)29(35)34-19-17-32(18-20-34)15-5-9-23-7-3-2-4-8-23/h2-5,7-9,11-14,25H,6,10,15-22H2,1H3/b9-5+. The molecule has 1 unspecified atom stereocenters. The Morgan fingerprint density at radius 3 is 2.57 bits per heavy atom. The summed E-state index contributed by atoms with van der Waals surface area (Å²) in [5.74, 6) is 2.25. The molecule has 1 amide bonds. The Bertz CT molecular complexity index is 1170. The van der Waals surface area contributed by atoms with Crippen LogP contribution in [0.15, 0.2) is 65.2 Å². The molecule has 5 rings (SSSR count). The lowest BCUT2D eigenvalue weighted by Crippen LogP contribution is -2.52. The number of piperidine rings is 1. The third-order valence-electron chi connectivity index (χ3n) is 7.19. The van der Waals surface area contributed by atoms with Crippen molar-refractivity contribution in [3.8, 4) is 17.1 Å². The third kappa shape index (κ3) is 6.64. The van der Waals surface area contributed by atoms with Crippen molar-refractivity contribution in [1.29, 1.82) is 0 Å². The number of benzene rings is 2. The van der Waals surface area contributed by atoms with Gasteiger partial charge in [0.05, 0.1) is 19.6 Å². The minimum absolute atomic E-state index is 0.0299. The van der Waals surface area contributed by atoms with E-state index >= 15 is 0 Å². The van der Waals surface area contributed by atoms with Crippen molar-refractivity contribution in [2.75, 3.05) is 52.9 Å². The van der Waals surface area contributed by atoms with Crippen LogP contribution in [0.25, 0.3) is 17.5 Å². The van der Waals surface area contributed by atoms with E-state index in [0.29, 0.717) is 18.3 Å². The lowest BCUT2D eigenvalue weighted by Gasteiger charge is -2.38. The first-order valence-corrected chi connectivity index (χ1v) is 13.1. The molecule has 2 aliphatic rings. The van der Waals surface area contributed by atoms with Crippen LogP contribution in [0.1, 0.15) is 24.3 Å². The highest BCUT2D eigenvalue weighted by Crippen LogP contribution is 2.23. The molecule has 0 N–H and O–H groups in total. The first-order chi connectivity index (χ1) is 18.2. The predicted octanol–water partition coefficient (Wildman–Crippen LogP) is 3.81. The van der Waals surface area contributed by atoms with E-state index in [9.17, 15) is 4.79 Å². The topological polar surface area (TPSA) is 74.9 Å². The van der Waals surface area contributed by atoms with Crippen molar-refractivity contribution in [3.63, 3.8) is 0 Å². The molecule has 0 bridgehead atoms. The Morgan fingerprint density at radius 2 is 1.81 bits per heavy atom. The van der Waals surface area contributed by atoms with Gasteiger partial charge >= 0.3 is 0 Å². The molecule has 0 radical (unpaired) electrons. The first-order valence-electron chi connectivity index (χ1n) is 13.1. The lowest BCUT2D eigenvalue weighted by atomic mass is 9.96. The number of nitrogens with zero attached hydrogens (tertiary/aromatic N) is 5. The van der Waals surface area contributed by atoms with Crippen LogP contribution in [0, 0.1) is 5.92 Å². The van der Waals surface area contributed by atoms with E-state index in [4.69, 9.17) is 9.26 Å². The highest BCUT2D eigenvalue weighted by atomic mass is 16.5. The number of ether oxygens (including phenoxy) is 1. The number of amides is 1.